The Labute approximate surface area is 165 Å². The van der Waals surface area contributed by atoms with Crippen molar-refractivity contribution >= 4 is 5.97 Å². The molecule has 10 heteroatoms. The lowest BCUT2D eigenvalue weighted by atomic mass is 10.1. The van der Waals surface area contributed by atoms with Crippen molar-refractivity contribution in [3.63, 3.8) is 0 Å². The summed E-state index contributed by atoms with van der Waals surface area (Å²) in [4.78, 5) is 11.3. The quantitative estimate of drug-likeness (QED) is 0.744. The van der Waals surface area contributed by atoms with Gasteiger partial charge in [0.1, 0.15) is 23.4 Å². The monoisotopic (exact) mass is 418 g/mol. The van der Waals surface area contributed by atoms with Crippen LogP contribution in [0.15, 0.2) is 34.9 Å². The molecule has 0 atom stereocenters. The molecule has 0 radical (unpaired) electrons. The summed E-state index contributed by atoms with van der Waals surface area (Å²) in [6.07, 6.45) is -2.10. The maximum Gasteiger partial charge on any atom is 0.490 e. The number of ether oxygens (including phenoxy) is 1. The van der Waals surface area contributed by atoms with Crippen LogP contribution in [-0.4, -0.2) is 53.0 Å². The number of likely N-dealkylation sites (tertiary alicyclic amines) is 1. The standard InChI is InChI=1S/C17H21FN2O2.C2HF3O2/c1-13-11-17(22-19-13)7-10-20-8-5-15(6-9-20)21-16-4-2-3-14(18)12-16;3-2(4,5)1(6)7/h2-4,11-12,15H,5-10H2,1H3;(H,6,7). The average Bonchev–Trinajstić information content (AvgIpc) is 3.06. The van der Waals surface area contributed by atoms with Crippen LogP contribution in [0.1, 0.15) is 24.3 Å². The van der Waals surface area contributed by atoms with Gasteiger partial charge in [-0.15, -0.1) is 0 Å². The molecule has 0 unspecified atom stereocenters. The second-order valence-electron chi connectivity index (χ2n) is 6.60. The molecule has 1 fully saturated rings. The Morgan fingerprint density at radius 2 is 1.97 bits per heavy atom. The number of piperidine rings is 1. The first-order valence-electron chi connectivity index (χ1n) is 9.00. The van der Waals surface area contributed by atoms with Gasteiger partial charge in [0.2, 0.25) is 0 Å². The van der Waals surface area contributed by atoms with E-state index in [9.17, 15) is 17.6 Å². The van der Waals surface area contributed by atoms with E-state index in [1.165, 1.54) is 12.1 Å². The highest BCUT2D eigenvalue weighted by atomic mass is 19.4. The molecule has 1 aliphatic heterocycles. The lowest BCUT2D eigenvalue weighted by Gasteiger charge is -2.31. The number of aliphatic carboxylic acids is 1. The highest BCUT2D eigenvalue weighted by Crippen LogP contribution is 2.20. The summed E-state index contributed by atoms with van der Waals surface area (Å²) in [5, 5.41) is 11.0. The normalized spacial score (nSPS) is 15.5. The molecule has 2 aromatic rings. The number of hydrogen-bond acceptors (Lipinski definition) is 5. The number of alkyl halides is 3. The van der Waals surface area contributed by atoms with E-state index in [4.69, 9.17) is 19.2 Å². The maximum atomic E-state index is 13.1. The zero-order chi connectivity index (χ0) is 21.4. The van der Waals surface area contributed by atoms with Crippen LogP contribution in [0.5, 0.6) is 5.75 Å². The van der Waals surface area contributed by atoms with Gasteiger partial charge in [0, 0.05) is 38.2 Å². The first-order chi connectivity index (χ1) is 13.6. The number of benzene rings is 1. The molecule has 160 valence electrons. The Morgan fingerprint density at radius 1 is 1.31 bits per heavy atom. The van der Waals surface area contributed by atoms with Crippen LogP contribution in [0.3, 0.4) is 0 Å². The molecule has 1 N–H and O–H groups in total. The molecule has 3 rings (SSSR count). The van der Waals surface area contributed by atoms with Crippen LogP contribution in [0.4, 0.5) is 17.6 Å². The third-order valence-electron chi connectivity index (χ3n) is 4.23. The van der Waals surface area contributed by atoms with Gasteiger partial charge >= 0.3 is 12.1 Å². The molecule has 0 aliphatic carbocycles. The minimum Gasteiger partial charge on any atom is -0.490 e. The van der Waals surface area contributed by atoms with E-state index in [2.05, 4.69) is 10.1 Å². The van der Waals surface area contributed by atoms with Crippen molar-refractivity contribution < 1.29 is 36.7 Å². The number of carboxylic acids is 1. The topological polar surface area (TPSA) is 75.8 Å². The van der Waals surface area contributed by atoms with Gasteiger partial charge in [-0.2, -0.15) is 13.2 Å². The van der Waals surface area contributed by atoms with Crippen molar-refractivity contribution in [1.29, 1.82) is 0 Å². The van der Waals surface area contributed by atoms with Crippen LogP contribution in [0.25, 0.3) is 0 Å². The first-order valence-corrected chi connectivity index (χ1v) is 9.00. The summed E-state index contributed by atoms with van der Waals surface area (Å²) in [6.45, 7) is 4.89. The van der Waals surface area contributed by atoms with Crippen molar-refractivity contribution in [2.45, 2.75) is 38.5 Å². The van der Waals surface area contributed by atoms with E-state index in [1.54, 1.807) is 6.07 Å². The SMILES string of the molecule is Cc1cc(CCN2CCC(Oc3cccc(F)c3)CC2)on1.O=C(O)C(F)(F)F. The first kappa shape index (κ1) is 22.7. The predicted octanol–water partition coefficient (Wildman–Crippen LogP) is 3.84. The molecule has 29 heavy (non-hydrogen) atoms. The molecule has 2 heterocycles. The van der Waals surface area contributed by atoms with Gasteiger partial charge in [0.05, 0.1) is 5.69 Å². The summed E-state index contributed by atoms with van der Waals surface area (Å²) in [6, 6.07) is 8.35. The van der Waals surface area contributed by atoms with Gasteiger partial charge in [0.15, 0.2) is 0 Å². The molecule has 0 bridgehead atoms. The molecule has 1 aliphatic rings. The summed E-state index contributed by atoms with van der Waals surface area (Å²) >= 11 is 0. The van der Waals surface area contributed by atoms with Gasteiger partial charge in [-0.3, -0.25) is 0 Å². The zero-order valence-electron chi connectivity index (χ0n) is 15.8. The lowest BCUT2D eigenvalue weighted by Crippen LogP contribution is -2.39. The number of aromatic nitrogens is 1. The van der Waals surface area contributed by atoms with Gasteiger partial charge in [-0.05, 0) is 31.9 Å². The molecule has 1 saturated heterocycles. The predicted molar refractivity (Wildman–Crippen MR) is 95.1 cm³/mol. The molecular weight excluding hydrogens is 396 g/mol. The van der Waals surface area contributed by atoms with Gasteiger partial charge < -0.3 is 19.3 Å². The van der Waals surface area contributed by atoms with Crippen molar-refractivity contribution in [1.82, 2.24) is 10.1 Å². The summed E-state index contributed by atoms with van der Waals surface area (Å²) in [5.74, 6) is -1.45. The van der Waals surface area contributed by atoms with Crippen molar-refractivity contribution in [3.05, 3.63) is 47.6 Å². The Kier molecular flexibility index (Phi) is 8.00. The molecule has 1 aromatic heterocycles. The van der Waals surface area contributed by atoms with E-state index in [0.717, 1.165) is 50.4 Å². The third kappa shape index (κ3) is 8.10. The maximum absolute atomic E-state index is 13.1. The Bertz CT molecular complexity index is 787. The number of aryl methyl sites for hydroxylation is 1. The number of rotatable bonds is 5. The van der Waals surface area contributed by atoms with Crippen molar-refractivity contribution in [3.8, 4) is 5.75 Å². The average molecular weight is 418 g/mol. The van der Waals surface area contributed by atoms with E-state index in [0.29, 0.717) is 5.75 Å². The number of nitrogens with zero attached hydrogens (tertiary/aromatic N) is 2. The smallest absolute Gasteiger partial charge is 0.490 e. The van der Waals surface area contributed by atoms with Gasteiger partial charge in [-0.25, -0.2) is 9.18 Å². The fourth-order valence-corrected chi connectivity index (χ4v) is 2.79. The summed E-state index contributed by atoms with van der Waals surface area (Å²) in [7, 11) is 0. The molecule has 0 saturated carbocycles. The molecular formula is C19H22F4N2O4. The number of hydrogen-bond donors (Lipinski definition) is 1. The fourth-order valence-electron chi connectivity index (χ4n) is 2.79. The van der Waals surface area contributed by atoms with E-state index in [-0.39, 0.29) is 11.9 Å². The summed E-state index contributed by atoms with van der Waals surface area (Å²) < 4.78 is 56.0. The second kappa shape index (κ2) is 10.2. The molecule has 1 aromatic carbocycles. The zero-order valence-corrected chi connectivity index (χ0v) is 15.8. The summed E-state index contributed by atoms with van der Waals surface area (Å²) in [5.41, 5.74) is 0.928. The second-order valence-corrected chi connectivity index (χ2v) is 6.60. The minimum absolute atomic E-state index is 0.172. The van der Waals surface area contributed by atoms with Crippen molar-refractivity contribution in [2.24, 2.45) is 0 Å². The number of halogens is 4. The highest BCUT2D eigenvalue weighted by Gasteiger charge is 2.38. The molecule has 0 amide bonds. The highest BCUT2D eigenvalue weighted by molar-refractivity contribution is 5.73. The van der Waals surface area contributed by atoms with Crippen LogP contribution in [0.2, 0.25) is 0 Å². The van der Waals surface area contributed by atoms with Crippen LogP contribution in [0, 0.1) is 12.7 Å². The largest absolute Gasteiger partial charge is 0.490 e. The Hall–Kier alpha value is -2.62. The van der Waals surface area contributed by atoms with Crippen molar-refractivity contribution in [2.75, 3.05) is 19.6 Å². The van der Waals surface area contributed by atoms with Crippen LogP contribution >= 0.6 is 0 Å². The van der Waals surface area contributed by atoms with E-state index < -0.39 is 12.1 Å². The lowest BCUT2D eigenvalue weighted by molar-refractivity contribution is -0.192. The van der Waals surface area contributed by atoms with E-state index >= 15 is 0 Å². The Morgan fingerprint density at radius 3 is 2.48 bits per heavy atom. The van der Waals surface area contributed by atoms with Gasteiger partial charge in [0.25, 0.3) is 0 Å². The third-order valence-corrected chi connectivity index (χ3v) is 4.23. The molecule has 0 spiro atoms. The number of carboxylic acid groups (broad SMARTS) is 1. The number of carbonyl (C=O) groups is 1. The van der Waals surface area contributed by atoms with E-state index in [1.807, 2.05) is 19.1 Å². The van der Waals surface area contributed by atoms with Crippen LogP contribution < -0.4 is 4.74 Å². The van der Waals surface area contributed by atoms with Crippen LogP contribution in [-0.2, 0) is 11.2 Å². The van der Waals surface area contributed by atoms with Gasteiger partial charge in [-0.1, -0.05) is 11.2 Å². The minimum atomic E-state index is -5.08. The Balaban J connectivity index is 0.000000370. The fraction of sp³-hybridized carbons (Fsp3) is 0.474. The molecule has 6 nitrogen and oxygen atoms in total.